The lowest BCUT2D eigenvalue weighted by molar-refractivity contribution is 0.152. The molecule has 0 spiro atoms. The standard InChI is InChI=1S/C16H18F4/c17-14-9-8-13(10-15(14)18)12-6-4-11(5-7-12)2-1-3-16(19)20/h1-2,8-12,16H,3-7H2/b2-1+/t11-,12-. The van der Waals surface area contributed by atoms with E-state index >= 15 is 0 Å². The van der Waals surface area contributed by atoms with Gasteiger partial charge in [0.05, 0.1) is 0 Å². The van der Waals surface area contributed by atoms with Crippen LogP contribution in [0.2, 0.25) is 0 Å². The summed E-state index contributed by atoms with van der Waals surface area (Å²) in [5, 5.41) is 0. The van der Waals surface area contributed by atoms with Crippen LogP contribution in [0.1, 0.15) is 43.6 Å². The quantitative estimate of drug-likeness (QED) is 0.510. The van der Waals surface area contributed by atoms with E-state index in [-0.39, 0.29) is 12.3 Å². The SMILES string of the molecule is Fc1ccc([C@H]2CC[C@H](/C=C/CC(F)F)CC2)cc1F. The molecule has 0 aliphatic heterocycles. The van der Waals surface area contributed by atoms with Crippen molar-refractivity contribution in [1.29, 1.82) is 0 Å². The van der Waals surface area contributed by atoms with Gasteiger partial charge in [0.15, 0.2) is 11.6 Å². The van der Waals surface area contributed by atoms with Crippen LogP contribution in [-0.4, -0.2) is 6.43 Å². The molecule has 1 fully saturated rings. The molecule has 0 saturated heterocycles. The molecule has 4 heteroatoms. The molecular formula is C16H18F4. The second-order valence-electron chi connectivity index (χ2n) is 5.34. The van der Waals surface area contributed by atoms with E-state index in [0.717, 1.165) is 31.2 Å². The van der Waals surface area contributed by atoms with Gasteiger partial charge in [-0.05, 0) is 55.2 Å². The normalized spacial score (nSPS) is 23.6. The van der Waals surface area contributed by atoms with E-state index in [2.05, 4.69) is 0 Å². The first-order chi connectivity index (χ1) is 9.56. The number of alkyl halides is 2. The molecule has 0 nitrogen and oxygen atoms in total. The van der Waals surface area contributed by atoms with Gasteiger partial charge in [-0.1, -0.05) is 18.2 Å². The van der Waals surface area contributed by atoms with Crippen LogP contribution in [0, 0.1) is 17.6 Å². The Morgan fingerprint density at radius 2 is 1.75 bits per heavy atom. The Morgan fingerprint density at radius 3 is 2.35 bits per heavy atom. The maximum Gasteiger partial charge on any atom is 0.242 e. The Labute approximate surface area is 116 Å². The van der Waals surface area contributed by atoms with Crippen molar-refractivity contribution >= 4 is 0 Å². The topological polar surface area (TPSA) is 0 Å². The second kappa shape index (κ2) is 6.91. The molecule has 1 aliphatic carbocycles. The lowest BCUT2D eigenvalue weighted by atomic mass is 9.78. The minimum atomic E-state index is -2.29. The lowest BCUT2D eigenvalue weighted by Crippen LogP contribution is -2.12. The van der Waals surface area contributed by atoms with Crippen molar-refractivity contribution in [2.45, 2.75) is 44.4 Å². The molecular weight excluding hydrogens is 268 g/mol. The Hall–Kier alpha value is -1.32. The summed E-state index contributed by atoms with van der Waals surface area (Å²) in [7, 11) is 0. The molecule has 2 rings (SSSR count). The van der Waals surface area contributed by atoms with Crippen molar-refractivity contribution in [3.8, 4) is 0 Å². The number of rotatable bonds is 4. The molecule has 1 aliphatic rings. The van der Waals surface area contributed by atoms with Crippen LogP contribution in [0.25, 0.3) is 0 Å². The van der Waals surface area contributed by atoms with E-state index in [9.17, 15) is 17.6 Å². The van der Waals surface area contributed by atoms with Crippen molar-refractivity contribution < 1.29 is 17.6 Å². The third-order valence-corrected chi connectivity index (χ3v) is 3.91. The van der Waals surface area contributed by atoms with Crippen molar-refractivity contribution in [3.63, 3.8) is 0 Å². The fourth-order valence-electron chi connectivity index (χ4n) is 2.79. The highest BCUT2D eigenvalue weighted by Gasteiger charge is 2.21. The first-order valence-electron chi connectivity index (χ1n) is 6.96. The molecule has 0 unspecified atom stereocenters. The summed E-state index contributed by atoms with van der Waals surface area (Å²) in [6.45, 7) is 0. The maximum atomic E-state index is 13.2. The summed E-state index contributed by atoms with van der Waals surface area (Å²) in [6, 6.07) is 4.07. The summed E-state index contributed by atoms with van der Waals surface area (Å²) >= 11 is 0. The predicted molar refractivity (Wildman–Crippen MR) is 70.8 cm³/mol. The van der Waals surface area contributed by atoms with E-state index in [1.165, 1.54) is 12.1 Å². The molecule has 110 valence electrons. The van der Waals surface area contributed by atoms with E-state index in [1.807, 2.05) is 6.08 Å². The average Bonchev–Trinajstić information content (AvgIpc) is 2.42. The Morgan fingerprint density at radius 1 is 1.05 bits per heavy atom. The van der Waals surface area contributed by atoms with Gasteiger partial charge in [-0.2, -0.15) is 0 Å². The number of allylic oxidation sites excluding steroid dienone is 2. The minimum absolute atomic E-state index is 0.191. The van der Waals surface area contributed by atoms with Gasteiger partial charge in [0.2, 0.25) is 6.43 Å². The lowest BCUT2D eigenvalue weighted by Gasteiger charge is -2.27. The highest BCUT2D eigenvalue weighted by molar-refractivity contribution is 5.22. The smallest absolute Gasteiger partial charge is 0.210 e. The summed E-state index contributed by atoms with van der Waals surface area (Å²) in [6.07, 6.45) is 4.52. The number of hydrogen-bond acceptors (Lipinski definition) is 0. The van der Waals surface area contributed by atoms with Gasteiger partial charge >= 0.3 is 0 Å². The zero-order chi connectivity index (χ0) is 14.5. The van der Waals surface area contributed by atoms with Crippen LogP contribution >= 0.6 is 0 Å². The van der Waals surface area contributed by atoms with Crippen LogP contribution in [0.3, 0.4) is 0 Å². The summed E-state index contributed by atoms with van der Waals surface area (Å²) < 4.78 is 50.1. The highest BCUT2D eigenvalue weighted by atomic mass is 19.3. The molecule has 0 atom stereocenters. The first kappa shape index (κ1) is 15.1. The third kappa shape index (κ3) is 4.09. The van der Waals surface area contributed by atoms with Gasteiger partial charge in [0, 0.05) is 6.42 Å². The van der Waals surface area contributed by atoms with Crippen molar-refractivity contribution in [2.75, 3.05) is 0 Å². The zero-order valence-electron chi connectivity index (χ0n) is 11.2. The van der Waals surface area contributed by atoms with Gasteiger partial charge in [0.25, 0.3) is 0 Å². The van der Waals surface area contributed by atoms with E-state index < -0.39 is 18.1 Å². The van der Waals surface area contributed by atoms with Gasteiger partial charge in [0.1, 0.15) is 0 Å². The fraction of sp³-hybridized carbons (Fsp3) is 0.500. The Kier molecular flexibility index (Phi) is 5.21. The van der Waals surface area contributed by atoms with Gasteiger partial charge < -0.3 is 0 Å². The molecule has 1 aromatic rings. The van der Waals surface area contributed by atoms with Gasteiger partial charge in [-0.25, -0.2) is 17.6 Å². The average molecular weight is 286 g/mol. The number of hydrogen-bond donors (Lipinski definition) is 0. The summed E-state index contributed by atoms with van der Waals surface area (Å²) in [4.78, 5) is 0. The molecule has 1 saturated carbocycles. The highest BCUT2D eigenvalue weighted by Crippen LogP contribution is 2.36. The molecule has 0 radical (unpaired) electrons. The number of halogens is 4. The summed E-state index contributed by atoms with van der Waals surface area (Å²) in [5.74, 6) is -1.06. The summed E-state index contributed by atoms with van der Waals surface area (Å²) in [5.41, 5.74) is 0.832. The van der Waals surface area contributed by atoms with Crippen LogP contribution in [0.5, 0.6) is 0 Å². The first-order valence-corrected chi connectivity index (χ1v) is 6.96. The number of benzene rings is 1. The molecule has 0 amide bonds. The molecule has 0 N–H and O–H groups in total. The van der Waals surface area contributed by atoms with E-state index in [1.54, 1.807) is 12.1 Å². The molecule has 1 aromatic carbocycles. The fourth-order valence-corrected chi connectivity index (χ4v) is 2.79. The van der Waals surface area contributed by atoms with Crippen LogP contribution < -0.4 is 0 Å². The predicted octanol–water partition coefficient (Wildman–Crippen LogP) is 5.45. The molecule has 0 bridgehead atoms. The van der Waals surface area contributed by atoms with Gasteiger partial charge in [-0.15, -0.1) is 0 Å². The Balaban J connectivity index is 1.87. The molecule has 0 aromatic heterocycles. The largest absolute Gasteiger partial charge is 0.242 e. The van der Waals surface area contributed by atoms with E-state index in [0.29, 0.717) is 5.92 Å². The van der Waals surface area contributed by atoms with Crippen LogP contribution in [0.4, 0.5) is 17.6 Å². The third-order valence-electron chi connectivity index (χ3n) is 3.91. The van der Waals surface area contributed by atoms with Crippen molar-refractivity contribution in [1.82, 2.24) is 0 Å². The van der Waals surface area contributed by atoms with Crippen LogP contribution in [0.15, 0.2) is 30.4 Å². The molecule has 20 heavy (non-hydrogen) atoms. The van der Waals surface area contributed by atoms with E-state index in [4.69, 9.17) is 0 Å². The Bertz CT molecular complexity index is 460. The second-order valence-corrected chi connectivity index (χ2v) is 5.34. The zero-order valence-corrected chi connectivity index (χ0v) is 11.2. The monoisotopic (exact) mass is 286 g/mol. The maximum absolute atomic E-state index is 13.2. The van der Waals surface area contributed by atoms with Crippen LogP contribution in [-0.2, 0) is 0 Å². The van der Waals surface area contributed by atoms with Crippen molar-refractivity contribution in [2.24, 2.45) is 5.92 Å². The minimum Gasteiger partial charge on any atom is -0.210 e. The molecule has 0 heterocycles. The van der Waals surface area contributed by atoms with Crippen molar-refractivity contribution in [3.05, 3.63) is 47.5 Å². The van der Waals surface area contributed by atoms with Gasteiger partial charge in [-0.3, -0.25) is 0 Å².